The fourth-order valence-corrected chi connectivity index (χ4v) is 9.06. The molecule has 0 fully saturated rings. The molecule has 0 radical (unpaired) electrons. The molecule has 3 aromatic heterocycles. The first-order chi connectivity index (χ1) is 27.7. The molecule has 11 aromatic rings. The Kier molecular flexibility index (Phi) is 7.64. The quantitative estimate of drug-likeness (QED) is 0.171. The molecule has 0 aliphatic rings. The fourth-order valence-electron chi connectivity index (χ4n) is 7.85. The maximum atomic E-state index is 6.39. The van der Waals surface area contributed by atoms with Crippen molar-refractivity contribution in [2.24, 2.45) is 0 Å². The van der Waals surface area contributed by atoms with Gasteiger partial charge in [0.15, 0.2) is 17.5 Å². The molecule has 0 saturated heterocycles. The van der Waals surface area contributed by atoms with E-state index < -0.39 is 0 Å². The lowest BCUT2D eigenvalue weighted by Crippen LogP contribution is -2.01. The highest BCUT2D eigenvalue weighted by molar-refractivity contribution is 7.26. The van der Waals surface area contributed by atoms with Crippen molar-refractivity contribution in [1.82, 2.24) is 15.0 Å². The molecule has 8 aromatic carbocycles. The van der Waals surface area contributed by atoms with Gasteiger partial charge >= 0.3 is 0 Å². The van der Waals surface area contributed by atoms with E-state index in [0.717, 1.165) is 76.7 Å². The van der Waals surface area contributed by atoms with Crippen molar-refractivity contribution in [2.45, 2.75) is 0 Å². The highest BCUT2D eigenvalue weighted by Crippen LogP contribution is 2.41. The van der Waals surface area contributed by atoms with Gasteiger partial charge in [-0.3, -0.25) is 0 Å². The smallest absolute Gasteiger partial charge is 0.165 e. The Labute approximate surface area is 327 Å². The second-order valence-corrected chi connectivity index (χ2v) is 15.0. The molecule has 0 amide bonds. The average molecular weight is 734 g/mol. The van der Waals surface area contributed by atoms with Gasteiger partial charge in [0.2, 0.25) is 0 Å². The van der Waals surface area contributed by atoms with Crippen LogP contribution in [-0.2, 0) is 0 Å². The van der Waals surface area contributed by atoms with Crippen molar-refractivity contribution >= 4 is 53.4 Å². The van der Waals surface area contributed by atoms with E-state index >= 15 is 0 Å². The molecule has 0 atom stereocenters. The van der Waals surface area contributed by atoms with Gasteiger partial charge in [0.1, 0.15) is 11.2 Å². The summed E-state index contributed by atoms with van der Waals surface area (Å²) in [7, 11) is 0. The van der Waals surface area contributed by atoms with Gasteiger partial charge in [0, 0.05) is 53.2 Å². The van der Waals surface area contributed by atoms with E-state index in [4.69, 9.17) is 19.4 Å². The SMILES string of the molecule is c1ccc(-c2ccc(-c3nc(-c4ccc(-c5cccc6c5oc5ccccc56)cc4)nc(-c4cccc5c4sc4ccccc45)n3)c(-c3ccccc3)c2)cc1. The molecule has 0 unspecified atom stereocenters. The molecule has 0 aliphatic carbocycles. The summed E-state index contributed by atoms with van der Waals surface area (Å²) in [5.41, 5.74) is 11.2. The number of benzene rings is 8. The Hall–Kier alpha value is -7.21. The van der Waals surface area contributed by atoms with Gasteiger partial charge in [-0.2, -0.15) is 0 Å². The van der Waals surface area contributed by atoms with Crippen molar-refractivity contribution in [3.8, 4) is 67.5 Å². The second-order valence-electron chi connectivity index (χ2n) is 13.9. The van der Waals surface area contributed by atoms with Gasteiger partial charge in [-0.1, -0.05) is 158 Å². The second kappa shape index (κ2) is 13.3. The van der Waals surface area contributed by atoms with E-state index in [1.54, 1.807) is 11.3 Å². The summed E-state index contributed by atoms with van der Waals surface area (Å²) < 4.78 is 8.79. The minimum atomic E-state index is 0.614. The van der Waals surface area contributed by atoms with Crippen LogP contribution >= 0.6 is 11.3 Å². The van der Waals surface area contributed by atoms with Crippen LogP contribution < -0.4 is 0 Å². The molecule has 4 nitrogen and oxygen atoms in total. The summed E-state index contributed by atoms with van der Waals surface area (Å²) in [6.07, 6.45) is 0. The Balaban J connectivity index is 1.10. The molecule has 11 rings (SSSR count). The van der Waals surface area contributed by atoms with Crippen molar-refractivity contribution in [3.05, 3.63) is 188 Å². The predicted octanol–water partition coefficient (Wildman–Crippen LogP) is 14.1. The fraction of sp³-hybridized carbons (Fsp3) is 0. The molecule has 3 heterocycles. The Bertz CT molecular complexity index is 3240. The number of hydrogen-bond donors (Lipinski definition) is 0. The van der Waals surface area contributed by atoms with Crippen LogP contribution in [0.15, 0.2) is 192 Å². The first-order valence-electron chi connectivity index (χ1n) is 18.7. The zero-order chi connectivity index (χ0) is 37.0. The predicted molar refractivity (Wildman–Crippen MR) is 233 cm³/mol. The molecular weight excluding hydrogens is 703 g/mol. The van der Waals surface area contributed by atoms with Crippen LogP contribution in [0.25, 0.3) is 110 Å². The molecular formula is C51H31N3OS. The van der Waals surface area contributed by atoms with Gasteiger partial charge in [0.05, 0.1) is 0 Å². The highest BCUT2D eigenvalue weighted by Gasteiger charge is 2.20. The summed E-state index contributed by atoms with van der Waals surface area (Å²) >= 11 is 1.78. The Morgan fingerprint density at radius 3 is 1.71 bits per heavy atom. The topological polar surface area (TPSA) is 51.8 Å². The number of aromatic nitrogens is 3. The first-order valence-corrected chi connectivity index (χ1v) is 19.5. The molecule has 0 N–H and O–H groups in total. The average Bonchev–Trinajstić information content (AvgIpc) is 3.86. The third kappa shape index (κ3) is 5.48. The third-order valence-corrected chi connectivity index (χ3v) is 11.8. The number of furan rings is 1. The first kappa shape index (κ1) is 32.2. The van der Waals surface area contributed by atoms with E-state index in [2.05, 4.69) is 164 Å². The van der Waals surface area contributed by atoms with Crippen LogP contribution in [0.4, 0.5) is 0 Å². The van der Waals surface area contributed by atoms with Gasteiger partial charge in [-0.25, -0.2) is 15.0 Å². The molecule has 0 bridgehead atoms. The van der Waals surface area contributed by atoms with Gasteiger partial charge in [-0.05, 0) is 58.1 Å². The summed E-state index contributed by atoms with van der Waals surface area (Å²) in [5, 5.41) is 4.66. The van der Waals surface area contributed by atoms with Crippen LogP contribution in [0, 0.1) is 0 Å². The normalized spacial score (nSPS) is 11.6. The van der Waals surface area contributed by atoms with Crippen LogP contribution in [0.5, 0.6) is 0 Å². The van der Waals surface area contributed by atoms with Gasteiger partial charge in [0.25, 0.3) is 0 Å². The van der Waals surface area contributed by atoms with Crippen LogP contribution in [0.3, 0.4) is 0 Å². The number of rotatable bonds is 6. The molecule has 56 heavy (non-hydrogen) atoms. The maximum absolute atomic E-state index is 6.39. The van der Waals surface area contributed by atoms with Gasteiger partial charge in [-0.15, -0.1) is 11.3 Å². The zero-order valence-corrected chi connectivity index (χ0v) is 30.9. The number of fused-ring (bicyclic) bond motifs is 6. The number of hydrogen-bond acceptors (Lipinski definition) is 5. The largest absolute Gasteiger partial charge is 0.455 e. The lowest BCUT2D eigenvalue weighted by Gasteiger charge is -2.14. The van der Waals surface area contributed by atoms with Crippen LogP contribution in [0.2, 0.25) is 0 Å². The van der Waals surface area contributed by atoms with E-state index in [-0.39, 0.29) is 0 Å². The van der Waals surface area contributed by atoms with Crippen molar-refractivity contribution < 1.29 is 4.42 Å². The van der Waals surface area contributed by atoms with Gasteiger partial charge < -0.3 is 4.42 Å². The lowest BCUT2D eigenvalue weighted by atomic mass is 9.94. The van der Waals surface area contributed by atoms with Crippen LogP contribution in [-0.4, -0.2) is 15.0 Å². The number of para-hydroxylation sites is 2. The Morgan fingerprint density at radius 2 is 0.911 bits per heavy atom. The third-order valence-electron chi connectivity index (χ3n) is 10.6. The minimum absolute atomic E-state index is 0.614. The van der Waals surface area contributed by atoms with E-state index in [9.17, 15) is 0 Å². The van der Waals surface area contributed by atoms with Crippen LogP contribution in [0.1, 0.15) is 0 Å². The molecule has 0 aliphatic heterocycles. The van der Waals surface area contributed by atoms with E-state index in [0.29, 0.717) is 17.5 Å². The molecule has 0 saturated carbocycles. The summed E-state index contributed by atoms with van der Waals surface area (Å²) in [4.78, 5) is 15.8. The molecule has 0 spiro atoms. The van der Waals surface area contributed by atoms with Crippen molar-refractivity contribution in [1.29, 1.82) is 0 Å². The van der Waals surface area contributed by atoms with E-state index in [1.165, 1.54) is 15.5 Å². The number of thiophene rings is 1. The highest BCUT2D eigenvalue weighted by atomic mass is 32.1. The summed E-state index contributed by atoms with van der Waals surface area (Å²) in [5.74, 6) is 1.88. The summed E-state index contributed by atoms with van der Waals surface area (Å²) in [6.45, 7) is 0. The van der Waals surface area contributed by atoms with Crippen molar-refractivity contribution in [2.75, 3.05) is 0 Å². The van der Waals surface area contributed by atoms with Crippen molar-refractivity contribution in [3.63, 3.8) is 0 Å². The monoisotopic (exact) mass is 733 g/mol. The molecule has 262 valence electrons. The Morgan fingerprint density at radius 1 is 0.339 bits per heavy atom. The zero-order valence-electron chi connectivity index (χ0n) is 30.1. The number of nitrogens with zero attached hydrogens (tertiary/aromatic N) is 3. The maximum Gasteiger partial charge on any atom is 0.165 e. The standard InChI is InChI=1S/C51H31N3OS/c1-3-13-32(14-4-1)36-29-30-42(44(31-36)33-15-5-2-6-16-33)50-52-49(53-51(54-50)43-22-12-21-41-39-18-8-10-24-46(39)56-48(41)43)35-27-25-34(26-28-35)37-19-11-20-40-38-17-7-9-23-45(38)55-47(37)40/h1-31H. The minimum Gasteiger partial charge on any atom is -0.455 e. The molecule has 5 heteroatoms. The lowest BCUT2D eigenvalue weighted by molar-refractivity contribution is 0.670. The summed E-state index contributed by atoms with van der Waals surface area (Å²) in [6, 6.07) is 65.6. The van der Waals surface area contributed by atoms with E-state index in [1.807, 2.05) is 24.3 Å².